The van der Waals surface area contributed by atoms with E-state index in [4.69, 9.17) is 5.11 Å². The monoisotopic (exact) mass is 141 g/mol. The summed E-state index contributed by atoms with van der Waals surface area (Å²) in [6.07, 6.45) is 1.62. The number of carboxylic acid groups (broad SMARTS) is 1. The van der Waals surface area contributed by atoms with E-state index in [-0.39, 0.29) is 6.04 Å². The van der Waals surface area contributed by atoms with Gasteiger partial charge >= 0.3 is 6.09 Å². The minimum Gasteiger partial charge on any atom is -0.465 e. The second kappa shape index (κ2) is 2.13. The van der Waals surface area contributed by atoms with E-state index in [0.717, 1.165) is 4.90 Å². The standard InChI is InChI=1S/C6H7NO3/c1-4-2-3-5(8)7(4)6(9)10/h2-4H,1H3,(H,9,10)/t4-/m0/s1. The number of nitrogens with zero attached hydrogens (tertiary/aromatic N) is 1. The quantitative estimate of drug-likeness (QED) is 0.532. The molecule has 0 aliphatic carbocycles. The predicted octanol–water partition coefficient (Wildman–Crippen LogP) is 0.451. The van der Waals surface area contributed by atoms with E-state index in [0.29, 0.717) is 0 Å². The number of carbonyl (C=O) groups excluding carboxylic acids is 1. The van der Waals surface area contributed by atoms with Crippen LogP contribution in [0.4, 0.5) is 4.79 Å². The Labute approximate surface area is 57.7 Å². The minimum absolute atomic E-state index is 0.315. The molecule has 2 amide bonds. The Kier molecular flexibility index (Phi) is 1.45. The molecule has 0 fully saturated rings. The molecule has 1 aliphatic rings. The van der Waals surface area contributed by atoms with Crippen molar-refractivity contribution in [1.29, 1.82) is 0 Å². The SMILES string of the molecule is C[C@H]1C=CC(=O)N1C(=O)O. The molecule has 0 saturated carbocycles. The van der Waals surface area contributed by atoms with Gasteiger partial charge in [0.05, 0.1) is 6.04 Å². The van der Waals surface area contributed by atoms with Crippen LogP contribution in [-0.4, -0.2) is 28.0 Å². The third-order valence-corrected chi connectivity index (χ3v) is 1.37. The lowest BCUT2D eigenvalue weighted by Crippen LogP contribution is -2.36. The molecule has 0 saturated heterocycles. The normalized spacial score (nSPS) is 23.9. The fourth-order valence-electron chi connectivity index (χ4n) is 0.857. The zero-order valence-corrected chi connectivity index (χ0v) is 5.44. The van der Waals surface area contributed by atoms with Crippen LogP contribution in [0.5, 0.6) is 0 Å². The van der Waals surface area contributed by atoms with Crippen molar-refractivity contribution in [2.45, 2.75) is 13.0 Å². The zero-order chi connectivity index (χ0) is 7.72. The van der Waals surface area contributed by atoms with Crippen molar-refractivity contribution in [2.75, 3.05) is 0 Å². The summed E-state index contributed by atoms with van der Waals surface area (Å²) in [5.41, 5.74) is 0. The Morgan fingerprint density at radius 1 is 1.80 bits per heavy atom. The Morgan fingerprint density at radius 2 is 2.40 bits per heavy atom. The number of carbonyl (C=O) groups is 2. The molecule has 1 N–H and O–H groups in total. The first kappa shape index (κ1) is 6.80. The maximum Gasteiger partial charge on any atom is 0.414 e. The highest BCUT2D eigenvalue weighted by atomic mass is 16.4. The second-order valence-corrected chi connectivity index (χ2v) is 2.09. The molecular weight excluding hydrogens is 134 g/mol. The average Bonchev–Trinajstić information content (AvgIpc) is 2.11. The maximum atomic E-state index is 10.7. The lowest BCUT2D eigenvalue weighted by Gasteiger charge is -2.13. The van der Waals surface area contributed by atoms with Crippen molar-refractivity contribution in [1.82, 2.24) is 4.90 Å². The van der Waals surface area contributed by atoms with Crippen LogP contribution in [0.2, 0.25) is 0 Å². The zero-order valence-electron chi connectivity index (χ0n) is 5.44. The van der Waals surface area contributed by atoms with Crippen molar-refractivity contribution < 1.29 is 14.7 Å². The Bertz CT molecular complexity index is 209. The molecule has 0 spiro atoms. The average molecular weight is 141 g/mol. The summed E-state index contributed by atoms with van der Waals surface area (Å²) in [4.78, 5) is 21.7. The Balaban J connectivity index is 2.79. The molecule has 1 aliphatic heterocycles. The van der Waals surface area contributed by atoms with Crippen molar-refractivity contribution in [3.8, 4) is 0 Å². The maximum absolute atomic E-state index is 10.7. The van der Waals surface area contributed by atoms with Crippen LogP contribution in [0, 0.1) is 0 Å². The smallest absolute Gasteiger partial charge is 0.414 e. The largest absolute Gasteiger partial charge is 0.465 e. The van der Waals surface area contributed by atoms with Gasteiger partial charge in [0.2, 0.25) is 0 Å². The number of imide groups is 1. The van der Waals surface area contributed by atoms with Crippen molar-refractivity contribution in [3.05, 3.63) is 12.2 Å². The topological polar surface area (TPSA) is 57.6 Å². The molecule has 4 heteroatoms. The van der Waals surface area contributed by atoms with E-state index in [2.05, 4.69) is 0 Å². The summed E-state index contributed by atoms with van der Waals surface area (Å²) in [6, 6.07) is -0.315. The van der Waals surface area contributed by atoms with Crippen LogP contribution < -0.4 is 0 Å². The highest BCUT2D eigenvalue weighted by Gasteiger charge is 2.27. The third-order valence-electron chi connectivity index (χ3n) is 1.37. The van der Waals surface area contributed by atoms with Gasteiger partial charge in [-0.25, -0.2) is 9.69 Å². The highest BCUT2D eigenvalue weighted by molar-refractivity contribution is 6.00. The number of hydrogen-bond acceptors (Lipinski definition) is 2. The summed E-state index contributed by atoms with van der Waals surface area (Å²) in [7, 11) is 0. The molecular formula is C6H7NO3. The van der Waals surface area contributed by atoms with E-state index in [1.807, 2.05) is 0 Å². The van der Waals surface area contributed by atoms with Crippen LogP contribution in [-0.2, 0) is 4.79 Å². The lowest BCUT2D eigenvalue weighted by atomic mass is 10.3. The molecule has 0 radical (unpaired) electrons. The molecule has 10 heavy (non-hydrogen) atoms. The summed E-state index contributed by atoms with van der Waals surface area (Å²) >= 11 is 0. The first-order valence-corrected chi connectivity index (χ1v) is 2.87. The second-order valence-electron chi connectivity index (χ2n) is 2.09. The van der Waals surface area contributed by atoms with Crippen LogP contribution in [0.1, 0.15) is 6.92 Å². The van der Waals surface area contributed by atoms with E-state index < -0.39 is 12.0 Å². The van der Waals surface area contributed by atoms with E-state index in [1.165, 1.54) is 6.08 Å². The molecule has 0 unspecified atom stereocenters. The number of rotatable bonds is 0. The summed E-state index contributed by atoms with van der Waals surface area (Å²) in [6.45, 7) is 1.65. The third kappa shape index (κ3) is 0.877. The Morgan fingerprint density at radius 3 is 2.60 bits per heavy atom. The minimum atomic E-state index is -1.19. The lowest BCUT2D eigenvalue weighted by molar-refractivity contribution is -0.123. The molecule has 54 valence electrons. The van der Waals surface area contributed by atoms with Gasteiger partial charge in [0.25, 0.3) is 5.91 Å². The van der Waals surface area contributed by atoms with Crippen LogP contribution in [0.3, 0.4) is 0 Å². The summed E-state index contributed by atoms with van der Waals surface area (Å²) in [5, 5.41) is 8.42. The molecule has 0 aromatic rings. The molecule has 0 aromatic heterocycles. The van der Waals surface area contributed by atoms with Crippen molar-refractivity contribution in [2.24, 2.45) is 0 Å². The molecule has 0 bridgehead atoms. The van der Waals surface area contributed by atoms with Gasteiger partial charge in [0.1, 0.15) is 0 Å². The highest BCUT2D eigenvalue weighted by Crippen LogP contribution is 2.09. The van der Waals surface area contributed by atoms with E-state index >= 15 is 0 Å². The van der Waals surface area contributed by atoms with E-state index in [9.17, 15) is 9.59 Å². The Hall–Kier alpha value is -1.32. The van der Waals surface area contributed by atoms with Crippen LogP contribution in [0.25, 0.3) is 0 Å². The number of amides is 2. The molecule has 1 rings (SSSR count). The summed E-state index contributed by atoms with van der Waals surface area (Å²) in [5.74, 6) is -0.458. The van der Waals surface area contributed by atoms with Gasteiger partial charge < -0.3 is 5.11 Å². The van der Waals surface area contributed by atoms with Gasteiger partial charge in [0, 0.05) is 6.08 Å². The molecule has 1 heterocycles. The van der Waals surface area contributed by atoms with Crippen molar-refractivity contribution >= 4 is 12.0 Å². The summed E-state index contributed by atoms with van der Waals surface area (Å²) < 4.78 is 0. The molecule has 1 atom stereocenters. The van der Waals surface area contributed by atoms with Gasteiger partial charge in [-0.1, -0.05) is 6.08 Å². The van der Waals surface area contributed by atoms with Gasteiger partial charge in [-0.05, 0) is 6.92 Å². The van der Waals surface area contributed by atoms with Crippen molar-refractivity contribution in [3.63, 3.8) is 0 Å². The first-order valence-electron chi connectivity index (χ1n) is 2.87. The predicted molar refractivity (Wildman–Crippen MR) is 33.5 cm³/mol. The van der Waals surface area contributed by atoms with Gasteiger partial charge in [-0.3, -0.25) is 4.79 Å². The molecule has 4 nitrogen and oxygen atoms in total. The van der Waals surface area contributed by atoms with Gasteiger partial charge in [0.15, 0.2) is 0 Å². The first-order chi connectivity index (χ1) is 4.63. The number of hydrogen-bond donors (Lipinski definition) is 1. The van der Waals surface area contributed by atoms with Crippen LogP contribution in [0.15, 0.2) is 12.2 Å². The fourth-order valence-corrected chi connectivity index (χ4v) is 0.857. The fraction of sp³-hybridized carbons (Fsp3) is 0.333. The van der Waals surface area contributed by atoms with E-state index in [1.54, 1.807) is 13.0 Å². The van der Waals surface area contributed by atoms with Crippen LogP contribution >= 0.6 is 0 Å². The molecule has 0 aromatic carbocycles. The van der Waals surface area contributed by atoms with Gasteiger partial charge in [-0.2, -0.15) is 0 Å². The van der Waals surface area contributed by atoms with Gasteiger partial charge in [-0.15, -0.1) is 0 Å².